The standard InChI is InChI=1S/C8H8F2O.C7H14/c1-2-11-6-3-4-7(9)8(10)5-6;1-7-5-3-2-4-6-7/h3-5H,2H2,1H3;7H,2-6H2,1H3. The minimum atomic E-state index is -0.879. The molecule has 0 heterocycles. The van der Waals surface area contributed by atoms with E-state index in [1.165, 1.54) is 38.2 Å². The average molecular weight is 256 g/mol. The van der Waals surface area contributed by atoms with E-state index in [9.17, 15) is 8.78 Å². The van der Waals surface area contributed by atoms with Crippen molar-refractivity contribution in [2.24, 2.45) is 5.92 Å². The molecule has 1 aromatic carbocycles. The summed E-state index contributed by atoms with van der Waals surface area (Å²) in [6, 6.07) is 3.46. The quantitative estimate of drug-likeness (QED) is 0.727. The van der Waals surface area contributed by atoms with Gasteiger partial charge in [0.1, 0.15) is 5.75 Å². The van der Waals surface area contributed by atoms with E-state index in [2.05, 4.69) is 6.92 Å². The van der Waals surface area contributed by atoms with Gasteiger partial charge in [-0.25, -0.2) is 8.78 Å². The summed E-state index contributed by atoms with van der Waals surface area (Å²) in [4.78, 5) is 0. The van der Waals surface area contributed by atoms with Crippen LogP contribution in [0.5, 0.6) is 5.75 Å². The van der Waals surface area contributed by atoms with Gasteiger partial charge in [0.05, 0.1) is 6.61 Å². The summed E-state index contributed by atoms with van der Waals surface area (Å²) in [6.45, 7) is 4.59. The van der Waals surface area contributed by atoms with Crippen LogP contribution in [0.25, 0.3) is 0 Å². The Morgan fingerprint density at radius 2 is 1.78 bits per heavy atom. The fourth-order valence-corrected chi connectivity index (χ4v) is 2.04. The highest BCUT2D eigenvalue weighted by Crippen LogP contribution is 2.22. The lowest BCUT2D eigenvalue weighted by Gasteiger charge is -2.15. The Kier molecular flexibility index (Phi) is 6.69. The Hall–Kier alpha value is -1.12. The third-order valence-corrected chi connectivity index (χ3v) is 3.10. The summed E-state index contributed by atoms with van der Waals surface area (Å²) in [7, 11) is 0. The number of benzene rings is 1. The SMILES string of the molecule is CC1CCCCC1.CCOc1ccc(F)c(F)c1. The number of rotatable bonds is 2. The van der Waals surface area contributed by atoms with Crippen LogP contribution in [0.15, 0.2) is 18.2 Å². The summed E-state index contributed by atoms with van der Waals surface area (Å²) in [5.74, 6) is -0.343. The molecule has 1 saturated carbocycles. The molecule has 0 N–H and O–H groups in total. The van der Waals surface area contributed by atoms with Gasteiger partial charge in [-0.15, -0.1) is 0 Å². The predicted molar refractivity (Wildman–Crippen MR) is 69.8 cm³/mol. The summed E-state index contributed by atoms with van der Waals surface area (Å²) in [6.07, 6.45) is 7.44. The van der Waals surface area contributed by atoms with Crippen molar-refractivity contribution in [1.82, 2.24) is 0 Å². The van der Waals surface area contributed by atoms with Gasteiger partial charge in [0.2, 0.25) is 0 Å². The predicted octanol–water partition coefficient (Wildman–Crippen LogP) is 4.95. The fraction of sp³-hybridized carbons (Fsp3) is 0.600. The maximum atomic E-state index is 12.4. The zero-order valence-electron chi connectivity index (χ0n) is 11.2. The van der Waals surface area contributed by atoms with E-state index < -0.39 is 11.6 Å². The third-order valence-electron chi connectivity index (χ3n) is 3.10. The molecule has 0 amide bonds. The Balaban J connectivity index is 0.000000199. The number of halogens is 2. The highest BCUT2D eigenvalue weighted by Gasteiger charge is 2.06. The van der Waals surface area contributed by atoms with Crippen molar-refractivity contribution < 1.29 is 13.5 Å². The van der Waals surface area contributed by atoms with Crippen molar-refractivity contribution >= 4 is 0 Å². The van der Waals surface area contributed by atoms with E-state index in [-0.39, 0.29) is 0 Å². The topological polar surface area (TPSA) is 9.23 Å². The van der Waals surface area contributed by atoms with E-state index in [1.807, 2.05) is 0 Å². The van der Waals surface area contributed by atoms with Gasteiger partial charge in [-0.2, -0.15) is 0 Å². The van der Waals surface area contributed by atoms with Gasteiger partial charge in [0.25, 0.3) is 0 Å². The Morgan fingerprint density at radius 1 is 1.11 bits per heavy atom. The van der Waals surface area contributed by atoms with Crippen LogP contribution in [0, 0.1) is 17.6 Å². The smallest absolute Gasteiger partial charge is 0.162 e. The van der Waals surface area contributed by atoms with Gasteiger partial charge in [0, 0.05) is 6.07 Å². The lowest BCUT2D eigenvalue weighted by Crippen LogP contribution is -1.99. The second-order valence-corrected chi connectivity index (χ2v) is 4.75. The van der Waals surface area contributed by atoms with E-state index in [0.29, 0.717) is 12.4 Å². The lowest BCUT2D eigenvalue weighted by atomic mass is 9.91. The molecular weight excluding hydrogens is 234 g/mol. The van der Waals surface area contributed by atoms with E-state index in [4.69, 9.17) is 4.74 Å². The van der Waals surface area contributed by atoms with Crippen molar-refractivity contribution in [2.45, 2.75) is 46.0 Å². The molecule has 1 nitrogen and oxygen atoms in total. The largest absolute Gasteiger partial charge is 0.494 e. The molecule has 0 radical (unpaired) electrons. The monoisotopic (exact) mass is 256 g/mol. The molecule has 1 aromatic rings. The van der Waals surface area contributed by atoms with Crippen LogP contribution in [0.2, 0.25) is 0 Å². The van der Waals surface area contributed by atoms with Gasteiger partial charge in [-0.1, -0.05) is 39.0 Å². The summed E-state index contributed by atoms with van der Waals surface area (Å²) in [5.41, 5.74) is 0. The molecule has 1 fully saturated rings. The Bertz CT molecular complexity index is 346. The van der Waals surface area contributed by atoms with Crippen LogP contribution in [0.4, 0.5) is 8.78 Å². The molecule has 102 valence electrons. The van der Waals surface area contributed by atoms with Gasteiger partial charge >= 0.3 is 0 Å². The van der Waals surface area contributed by atoms with Crippen LogP contribution < -0.4 is 4.74 Å². The first-order valence-electron chi connectivity index (χ1n) is 6.71. The maximum Gasteiger partial charge on any atom is 0.162 e. The molecular formula is C15H22F2O. The number of hydrogen-bond donors (Lipinski definition) is 0. The molecule has 0 spiro atoms. The van der Waals surface area contributed by atoms with Crippen molar-refractivity contribution in [2.75, 3.05) is 6.61 Å². The Morgan fingerprint density at radius 3 is 2.22 bits per heavy atom. The second-order valence-electron chi connectivity index (χ2n) is 4.75. The van der Waals surface area contributed by atoms with Crippen molar-refractivity contribution in [3.8, 4) is 5.75 Å². The van der Waals surface area contributed by atoms with Crippen LogP contribution in [-0.2, 0) is 0 Å². The third kappa shape index (κ3) is 5.48. The lowest BCUT2D eigenvalue weighted by molar-refractivity contribution is 0.336. The summed E-state index contributed by atoms with van der Waals surface area (Å²) >= 11 is 0. The molecule has 1 aliphatic rings. The van der Waals surface area contributed by atoms with Gasteiger partial charge < -0.3 is 4.74 Å². The zero-order chi connectivity index (χ0) is 13.4. The van der Waals surface area contributed by atoms with Gasteiger partial charge in [-0.05, 0) is 25.0 Å². The second kappa shape index (κ2) is 8.06. The van der Waals surface area contributed by atoms with Crippen LogP contribution in [0.3, 0.4) is 0 Å². The Labute approximate surface area is 108 Å². The maximum absolute atomic E-state index is 12.4. The molecule has 18 heavy (non-hydrogen) atoms. The highest BCUT2D eigenvalue weighted by atomic mass is 19.2. The minimum Gasteiger partial charge on any atom is -0.494 e. The summed E-state index contributed by atoms with van der Waals surface area (Å²) in [5, 5.41) is 0. The molecule has 2 rings (SSSR count). The fourth-order valence-electron chi connectivity index (χ4n) is 2.04. The van der Waals surface area contributed by atoms with E-state index in [0.717, 1.165) is 18.1 Å². The van der Waals surface area contributed by atoms with Gasteiger partial charge in [-0.3, -0.25) is 0 Å². The molecule has 0 aromatic heterocycles. The first-order chi connectivity index (χ1) is 8.63. The molecule has 0 atom stereocenters. The van der Waals surface area contributed by atoms with Crippen molar-refractivity contribution in [3.63, 3.8) is 0 Å². The molecule has 0 saturated heterocycles. The first kappa shape index (κ1) is 14.9. The number of hydrogen-bond acceptors (Lipinski definition) is 1. The van der Waals surface area contributed by atoms with E-state index >= 15 is 0 Å². The normalized spacial score (nSPS) is 15.8. The molecule has 1 aliphatic carbocycles. The van der Waals surface area contributed by atoms with Crippen LogP contribution in [-0.4, -0.2) is 6.61 Å². The minimum absolute atomic E-state index is 0.353. The molecule has 3 heteroatoms. The van der Waals surface area contributed by atoms with Gasteiger partial charge in [0.15, 0.2) is 11.6 Å². The first-order valence-corrected chi connectivity index (χ1v) is 6.71. The van der Waals surface area contributed by atoms with Crippen molar-refractivity contribution in [3.05, 3.63) is 29.8 Å². The van der Waals surface area contributed by atoms with E-state index in [1.54, 1.807) is 6.92 Å². The zero-order valence-corrected chi connectivity index (χ0v) is 11.2. The number of ether oxygens (including phenoxy) is 1. The average Bonchev–Trinajstić information content (AvgIpc) is 2.36. The molecule has 0 unspecified atom stereocenters. The molecule has 0 aliphatic heterocycles. The highest BCUT2D eigenvalue weighted by molar-refractivity contribution is 5.23. The van der Waals surface area contributed by atoms with Crippen LogP contribution >= 0.6 is 0 Å². The van der Waals surface area contributed by atoms with Crippen molar-refractivity contribution in [1.29, 1.82) is 0 Å². The molecule has 0 bridgehead atoms. The summed E-state index contributed by atoms with van der Waals surface area (Å²) < 4.78 is 29.7. The van der Waals surface area contributed by atoms with Crippen LogP contribution in [0.1, 0.15) is 46.0 Å².